The van der Waals surface area contributed by atoms with Crippen molar-refractivity contribution in [2.75, 3.05) is 0 Å². The molecule has 0 amide bonds. The normalized spacial score (nSPS) is 10.2. The fraction of sp³-hybridized carbons (Fsp3) is 0.111. The number of halogens is 2. The molecule has 0 unspecified atom stereocenters. The van der Waals surface area contributed by atoms with Crippen LogP contribution in [0.25, 0.3) is 6.08 Å². The Labute approximate surface area is 92.1 Å². The smallest absolute Gasteiger partial charge is 0.0985 e. The van der Waals surface area contributed by atoms with Crippen LogP contribution in [0.5, 0.6) is 0 Å². The van der Waals surface area contributed by atoms with Gasteiger partial charge in [-0.1, -0.05) is 74.0 Å². The van der Waals surface area contributed by atoms with Crippen LogP contribution in [0.3, 0.4) is 0 Å². The molecule has 0 aliphatic heterocycles. The van der Waals surface area contributed by atoms with E-state index in [-0.39, 0.29) is 0 Å². The molecule has 0 fully saturated rings. The Kier molecular flexibility index (Phi) is 4.25. The fourth-order valence-electron chi connectivity index (χ4n) is 0.841. The van der Waals surface area contributed by atoms with Crippen molar-refractivity contribution in [1.29, 1.82) is 0 Å². The van der Waals surface area contributed by atoms with Crippen molar-refractivity contribution in [3.8, 4) is 0 Å². The molecule has 0 bridgehead atoms. The standard InChI is InChI=1S/C9H8Br2Si/c1-2-7-3-5-8(6-4-7)12-9(10)11/h2-6,9H,1H2. The first-order valence-corrected chi connectivity index (χ1v) is 6.40. The number of benzene rings is 1. The van der Waals surface area contributed by atoms with Gasteiger partial charge < -0.3 is 0 Å². The molecule has 0 aliphatic carbocycles. The minimum Gasteiger partial charge on any atom is -0.0985 e. The number of hydrogen-bond acceptors (Lipinski definition) is 0. The number of alkyl halides is 2. The van der Waals surface area contributed by atoms with Gasteiger partial charge in [-0.05, 0) is 5.56 Å². The highest BCUT2D eigenvalue weighted by molar-refractivity contribution is 9.25. The summed E-state index contributed by atoms with van der Waals surface area (Å²) >= 11 is 6.91. The quantitative estimate of drug-likeness (QED) is 0.595. The monoisotopic (exact) mass is 302 g/mol. The molecule has 0 nitrogen and oxygen atoms in total. The molecule has 1 aromatic rings. The van der Waals surface area contributed by atoms with Crippen LogP contribution in [0.15, 0.2) is 30.8 Å². The molecule has 0 aromatic heterocycles. The summed E-state index contributed by atoms with van der Waals surface area (Å²) in [5.41, 5.74) is 1.17. The second kappa shape index (κ2) is 4.99. The highest BCUT2D eigenvalue weighted by Gasteiger charge is 2.01. The van der Waals surface area contributed by atoms with Crippen molar-refractivity contribution in [3.63, 3.8) is 0 Å². The number of rotatable bonds is 3. The third kappa shape index (κ3) is 3.25. The van der Waals surface area contributed by atoms with Crippen LogP contribution in [0.2, 0.25) is 0 Å². The van der Waals surface area contributed by atoms with E-state index in [2.05, 4.69) is 62.7 Å². The number of hydrogen-bond donors (Lipinski definition) is 0. The zero-order chi connectivity index (χ0) is 8.97. The van der Waals surface area contributed by atoms with E-state index in [0.717, 1.165) is 9.52 Å². The van der Waals surface area contributed by atoms with Gasteiger partial charge in [0.1, 0.15) is 9.52 Å². The zero-order valence-corrected chi connectivity index (χ0v) is 10.6. The van der Waals surface area contributed by atoms with Gasteiger partial charge in [-0.25, -0.2) is 0 Å². The largest absolute Gasteiger partial charge is 0.112 e. The maximum Gasteiger partial charge on any atom is 0.112 e. The lowest BCUT2D eigenvalue weighted by atomic mass is 10.2. The molecule has 0 atom stereocenters. The zero-order valence-electron chi connectivity index (χ0n) is 6.43. The Bertz CT molecular complexity index is 254. The lowest BCUT2D eigenvalue weighted by molar-refractivity contribution is 1.70. The van der Waals surface area contributed by atoms with Crippen LogP contribution in [0.1, 0.15) is 5.56 Å². The van der Waals surface area contributed by atoms with E-state index in [1.165, 1.54) is 10.8 Å². The predicted molar refractivity (Wildman–Crippen MR) is 63.6 cm³/mol. The molecule has 0 aliphatic rings. The SMILES string of the molecule is C=Cc1ccc([Si]C(Br)Br)cc1. The Morgan fingerprint density at radius 1 is 1.25 bits per heavy atom. The van der Waals surface area contributed by atoms with Crippen LogP contribution in [0, 0.1) is 0 Å². The summed E-state index contributed by atoms with van der Waals surface area (Å²) in [5.74, 6) is 0. The molecule has 1 rings (SSSR count). The van der Waals surface area contributed by atoms with E-state index in [1.807, 2.05) is 6.08 Å². The van der Waals surface area contributed by atoms with Crippen molar-refractivity contribution in [3.05, 3.63) is 36.4 Å². The van der Waals surface area contributed by atoms with Gasteiger partial charge in [0.15, 0.2) is 0 Å². The van der Waals surface area contributed by atoms with Gasteiger partial charge in [0.05, 0.1) is 3.36 Å². The van der Waals surface area contributed by atoms with Crippen molar-refractivity contribution >= 4 is 52.6 Å². The molecule has 0 heterocycles. The van der Waals surface area contributed by atoms with E-state index in [1.54, 1.807) is 0 Å². The predicted octanol–water partition coefficient (Wildman–Crippen LogP) is 2.73. The molecule has 0 saturated heterocycles. The Balaban J connectivity index is 2.71. The summed E-state index contributed by atoms with van der Waals surface area (Å²) in [7, 11) is 0.758. The molecule has 2 radical (unpaired) electrons. The molecule has 0 saturated carbocycles. The summed E-state index contributed by atoms with van der Waals surface area (Å²) in [5, 5.41) is 1.35. The van der Waals surface area contributed by atoms with Gasteiger partial charge in [0.2, 0.25) is 0 Å². The van der Waals surface area contributed by atoms with Gasteiger partial charge >= 0.3 is 0 Å². The lowest BCUT2D eigenvalue weighted by Gasteiger charge is -2.00. The molecule has 3 heteroatoms. The van der Waals surface area contributed by atoms with E-state index >= 15 is 0 Å². The first-order valence-electron chi connectivity index (χ1n) is 3.49. The fourth-order valence-corrected chi connectivity index (χ4v) is 3.04. The van der Waals surface area contributed by atoms with Crippen LogP contribution < -0.4 is 5.19 Å². The Morgan fingerprint density at radius 2 is 1.83 bits per heavy atom. The van der Waals surface area contributed by atoms with Crippen molar-refractivity contribution in [2.45, 2.75) is 3.36 Å². The summed E-state index contributed by atoms with van der Waals surface area (Å²) in [6, 6.07) is 8.42. The van der Waals surface area contributed by atoms with E-state index in [0.29, 0.717) is 3.36 Å². The van der Waals surface area contributed by atoms with Crippen molar-refractivity contribution in [2.24, 2.45) is 0 Å². The van der Waals surface area contributed by atoms with Gasteiger partial charge in [0.25, 0.3) is 0 Å². The van der Waals surface area contributed by atoms with E-state index < -0.39 is 0 Å². The van der Waals surface area contributed by atoms with Gasteiger partial charge in [-0.2, -0.15) is 0 Å². The molecule has 0 spiro atoms. The molecule has 12 heavy (non-hydrogen) atoms. The minimum atomic E-state index is 0.389. The first kappa shape index (κ1) is 10.2. The molecular weight excluding hydrogens is 296 g/mol. The maximum absolute atomic E-state index is 3.71. The van der Waals surface area contributed by atoms with Crippen LogP contribution in [-0.4, -0.2) is 12.9 Å². The summed E-state index contributed by atoms with van der Waals surface area (Å²) in [6.07, 6.45) is 1.85. The van der Waals surface area contributed by atoms with Crippen molar-refractivity contribution in [1.82, 2.24) is 0 Å². The van der Waals surface area contributed by atoms with Crippen LogP contribution in [0.4, 0.5) is 0 Å². The first-order chi connectivity index (χ1) is 5.72. The Morgan fingerprint density at radius 3 is 2.25 bits per heavy atom. The summed E-state index contributed by atoms with van der Waals surface area (Å²) in [4.78, 5) is 0. The second-order valence-corrected chi connectivity index (χ2v) is 8.47. The molecule has 62 valence electrons. The lowest BCUT2D eigenvalue weighted by Crippen LogP contribution is -2.19. The summed E-state index contributed by atoms with van der Waals surface area (Å²) < 4.78 is 0.389. The van der Waals surface area contributed by atoms with Crippen LogP contribution in [-0.2, 0) is 0 Å². The third-order valence-electron chi connectivity index (χ3n) is 1.42. The molecule has 0 N–H and O–H groups in total. The topological polar surface area (TPSA) is 0 Å². The minimum absolute atomic E-state index is 0.389. The second-order valence-electron chi connectivity index (χ2n) is 2.27. The average molecular weight is 304 g/mol. The maximum atomic E-state index is 3.71. The third-order valence-corrected chi connectivity index (χ3v) is 3.68. The molecule has 1 aromatic carbocycles. The molecular formula is C9H8Br2Si. The highest BCUT2D eigenvalue weighted by atomic mass is 79.9. The van der Waals surface area contributed by atoms with Gasteiger partial charge in [-0.3, -0.25) is 0 Å². The van der Waals surface area contributed by atoms with Crippen LogP contribution >= 0.6 is 31.9 Å². The van der Waals surface area contributed by atoms with Gasteiger partial charge in [-0.15, -0.1) is 0 Å². The highest BCUT2D eigenvalue weighted by Crippen LogP contribution is 2.05. The average Bonchev–Trinajstić information content (AvgIpc) is 2.05. The summed E-state index contributed by atoms with van der Waals surface area (Å²) in [6.45, 7) is 3.71. The van der Waals surface area contributed by atoms with Gasteiger partial charge in [0, 0.05) is 0 Å². The van der Waals surface area contributed by atoms with E-state index in [9.17, 15) is 0 Å². The van der Waals surface area contributed by atoms with E-state index in [4.69, 9.17) is 0 Å². The van der Waals surface area contributed by atoms with Crippen molar-refractivity contribution < 1.29 is 0 Å². The Hall–Kier alpha value is 0.137.